The van der Waals surface area contributed by atoms with Gasteiger partial charge in [0.05, 0.1) is 12.8 Å². The zero-order valence-electron chi connectivity index (χ0n) is 11.5. The number of anilines is 1. The highest BCUT2D eigenvalue weighted by atomic mass is 32.1. The van der Waals surface area contributed by atoms with E-state index in [0.717, 1.165) is 19.3 Å². The number of nitrogen functional groups attached to an aromatic ring is 1. The first-order chi connectivity index (χ1) is 8.34. The molecule has 0 fully saturated rings. The molecule has 0 saturated heterocycles. The molecule has 1 aliphatic carbocycles. The van der Waals surface area contributed by atoms with E-state index in [1.54, 1.807) is 0 Å². The van der Waals surface area contributed by atoms with E-state index in [-0.39, 0.29) is 5.97 Å². The molecule has 0 aliphatic heterocycles. The predicted molar refractivity (Wildman–Crippen MR) is 75.0 cm³/mol. The molecule has 1 aromatic rings. The van der Waals surface area contributed by atoms with Gasteiger partial charge < -0.3 is 10.5 Å². The van der Waals surface area contributed by atoms with Gasteiger partial charge in [0.2, 0.25) is 0 Å². The van der Waals surface area contributed by atoms with E-state index in [1.807, 2.05) is 0 Å². The van der Waals surface area contributed by atoms with Gasteiger partial charge in [-0.15, -0.1) is 11.3 Å². The van der Waals surface area contributed by atoms with E-state index in [2.05, 4.69) is 20.8 Å². The Kier molecular flexibility index (Phi) is 3.41. The minimum Gasteiger partial charge on any atom is -0.465 e. The molecule has 0 aromatic carbocycles. The first kappa shape index (κ1) is 13.4. The zero-order valence-corrected chi connectivity index (χ0v) is 12.3. The molecule has 0 radical (unpaired) electrons. The van der Waals surface area contributed by atoms with Gasteiger partial charge in [-0.25, -0.2) is 4.79 Å². The zero-order chi connectivity index (χ0) is 13.5. The Morgan fingerprint density at radius 2 is 2.11 bits per heavy atom. The summed E-state index contributed by atoms with van der Waals surface area (Å²) in [5.74, 6) is 0.354. The van der Waals surface area contributed by atoms with Crippen LogP contribution in [0.3, 0.4) is 0 Å². The number of hydrogen-bond donors (Lipinski definition) is 1. The van der Waals surface area contributed by atoms with Gasteiger partial charge >= 0.3 is 5.97 Å². The SMILES string of the molecule is COC(=O)c1sc2c(c1N)CCC(C(C)(C)C)C2. The van der Waals surface area contributed by atoms with Crippen molar-refractivity contribution < 1.29 is 9.53 Å². The molecule has 1 atom stereocenters. The average molecular weight is 267 g/mol. The van der Waals surface area contributed by atoms with Crippen LogP contribution in [0.5, 0.6) is 0 Å². The number of nitrogens with two attached hydrogens (primary N) is 1. The molecule has 0 amide bonds. The Hall–Kier alpha value is -1.03. The van der Waals surface area contributed by atoms with E-state index >= 15 is 0 Å². The summed E-state index contributed by atoms with van der Waals surface area (Å²) in [5, 5.41) is 0. The normalized spacial score (nSPS) is 19.4. The molecule has 1 unspecified atom stereocenters. The number of esters is 1. The fraction of sp³-hybridized carbons (Fsp3) is 0.643. The fourth-order valence-corrected chi connectivity index (χ4v) is 3.86. The standard InChI is InChI=1S/C14H21NO2S/c1-14(2,3)8-5-6-9-10(7-8)18-12(11(9)15)13(16)17-4/h8H,5-7,15H2,1-4H3. The van der Waals surface area contributed by atoms with Gasteiger partial charge in [0.15, 0.2) is 0 Å². The molecular formula is C14H21NO2S. The lowest BCUT2D eigenvalue weighted by atomic mass is 9.72. The van der Waals surface area contributed by atoms with Crippen LogP contribution in [0, 0.1) is 11.3 Å². The average Bonchev–Trinajstić information content (AvgIpc) is 2.64. The maximum Gasteiger partial charge on any atom is 0.350 e. The highest BCUT2D eigenvalue weighted by molar-refractivity contribution is 7.14. The second kappa shape index (κ2) is 4.57. The van der Waals surface area contributed by atoms with Gasteiger partial charge in [0, 0.05) is 4.88 Å². The largest absolute Gasteiger partial charge is 0.465 e. The van der Waals surface area contributed by atoms with Crippen LogP contribution in [-0.2, 0) is 17.6 Å². The van der Waals surface area contributed by atoms with Crippen molar-refractivity contribution in [1.82, 2.24) is 0 Å². The monoisotopic (exact) mass is 267 g/mol. The first-order valence-electron chi connectivity index (χ1n) is 6.33. The van der Waals surface area contributed by atoms with Gasteiger partial charge in [-0.3, -0.25) is 0 Å². The lowest BCUT2D eigenvalue weighted by Gasteiger charge is -2.33. The summed E-state index contributed by atoms with van der Waals surface area (Å²) in [5.41, 5.74) is 8.20. The van der Waals surface area contributed by atoms with Crippen LogP contribution in [0.4, 0.5) is 5.69 Å². The van der Waals surface area contributed by atoms with Crippen LogP contribution in [0.15, 0.2) is 0 Å². The lowest BCUT2D eigenvalue weighted by Crippen LogP contribution is -2.26. The summed E-state index contributed by atoms with van der Waals surface area (Å²) in [6, 6.07) is 0. The van der Waals surface area contributed by atoms with Crippen molar-refractivity contribution in [2.45, 2.75) is 40.0 Å². The maximum atomic E-state index is 11.6. The summed E-state index contributed by atoms with van der Waals surface area (Å²) in [6.07, 6.45) is 3.17. The number of carbonyl (C=O) groups is 1. The predicted octanol–water partition coefficient (Wildman–Crippen LogP) is 3.27. The molecule has 0 saturated carbocycles. The van der Waals surface area contributed by atoms with Crippen molar-refractivity contribution in [2.24, 2.45) is 11.3 Å². The number of hydrogen-bond acceptors (Lipinski definition) is 4. The molecule has 4 heteroatoms. The van der Waals surface area contributed by atoms with E-state index in [9.17, 15) is 4.79 Å². The molecular weight excluding hydrogens is 246 g/mol. The second-order valence-corrected chi connectivity index (χ2v) is 7.15. The number of ether oxygens (including phenoxy) is 1. The summed E-state index contributed by atoms with van der Waals surface area (Å²) in [4.78, 5) is 13.5. The van der Waals surface area contributed by atoms with E-state index in [4.69, 9.17) is 10.5 Å². The van der Waals surface area contributed by atoms with Gasteiger partial charge in [0.25, 0.3) is 0 Å². The Bertz CT molecular complexity index is 471. The number of carbonyl (C=O) groups excluding carboxylic acids is 1. The minimum atomic E-state index is -0.306. The van der Waals surface area contributed by atoms with Crippen LogP contribution < -0.4 is 5.73 Å². The van der Waals surface area contributed by atoms with Gasteiger partial charge in [-0.1, -0.05) is 20.8 Å². The number of rotatable bonds is 1. The number of methoxy groups -OCH3 is 1. The van der Waals surface area contributed by atoms with Crippen LogP contribution in [0.2, 0.25) is 0 Å². The highest BCUT2D eigenvalue weighted by Gasteiger charge is 2.32. The molecule has 0 spiro atoms. The number of thiophene rings is 1. The smallest absolute Gasteiger partial charge is 0.350 e. The van der Waals surface area contributed by atoms with Crippen molar-refractivity contribution in [1.29, 1.82) is 0 Å². The lowest BCUT2D eigenvalue weighted by molar-refractivity contribution is 0.0607. The summed E-state index contributed by atoms with van der Waals surface area (Å²) >= 11 is 1.51. The van der Waals surface area contributed by atoms with Crippen molar-refractivity contribution in [3.05, 3.63) is 15.3 Å². The van der Waals surface area contributed by atoms with Gasteiger partial charge in [-0.05, 0) is 36.2 Å². The Labute approximate surface area is 112 Å². The Morgan fingerprint density at radius 1 is 1.44 bits per heavy atom. The molecule has 2 rings (SSSR count). The van der Waals surface area contributed by atoms with Gasteiger partial charge in [0.1, 0.15) is 4.88 Å². The van der Waals surface area contributed by atoms with E-state index < -0.39 is 0 Å². The maximum absolute atomic E-state index is 11.6. The molecule has 0 bridgehead atoms. The van der Waals surface area contributed by atoms with E-state index in [0.29, 0.717) is 21.9 Å². The van der Waals surface area contributed by atoms with Crippen LogP contribution in [0.1, 0.15) is 47.3 Å². The summed E-state index contributed by atoms with van der Waals surface area (Å²) < 4.78 is 4.78. The third-order valence-electron chi connectivity index (χ3n) is 3.90. The van der Waals surface area contributed by atoms with Crippen LogP contribution in [0.25, 0.3) is 0 Å². The topological polar surface area (TPSA) is 52.3 Å². The quantitative estimate of drug-likeness (QED) is 0.794. The molecule has 1 aliphatic rings. The van der Waals surface area contributed by atoms with Crippen LogP contribution >= 0.6 is 11.3 Å². The van der Waals surface area contributed by atoms with Crippen LogP contribution in [-0.4, -0.2) is 13.1 Å². The van der Waals surface area contributed by atoms with Crippen molar-refractivity contribution in [3.63, 3.8) is 0 Å². The molecule has 18 heavy (non-hydrogen) atoms. The summed E-state index contributed by atoms with van der Waals surface area (Å²) in [6.45, 7) is 6.84. The van der Waals surface area contributed by atoms with Crippen molar-refractivity contribution >= 4 is 23.0 Å². The second-order valence-electron chi connectivity index (χ2n) is 6.04. The first-order valence-corrected chi connectivity index (χ1v) is 7.14. The molecule has 2 N–H and O–H groups in total. The third kappa shape index (κ3) is 2.26. The fourth-order valence-electron chi connectivity index (χ4n) is 2.59. The minimum absolute atomic E-state index is 0.306. The van der Waals surface area contributed by atoms with Crippen molar-refractivity contribution in [3.8, 4) is 0 Å². The molecule has 1 heterocycles. The highest BCUT2D eigenvalue weighted by Crippen LogP contribution is 2.43. The van der Waals surface area contributed by atoms with Gasteiger partial charge in [-0.2, -0.15) is 0 Å². The number of fused-ring (bicyclic) bond motifs is 1. The molecule has 3 nitrogen and oxygen atoms in total. The summed E-state index contributed by atoms with van der Waals surface area (Å²) in [7, 11) is 1.40. The Morgan fingerprint density at radius 3 is 2.67 bits per heavy atom. The molecule has 1 aromatic heterocycles. The van der Waals surface area contributed by atoms with Crippen molar-refractivity contribution in [2.75, 3.05) is 12.8 Å². The van der Waals surface area contributed by atoms with E-state index in [1.165, 1.54) is 28.9 Å². The Balaban J connectivity index is 2.32. The molecule has 100 valence electrons. The third-order valence-corrected chi connectivity index (χ3v) is 5.15.